The molecule has 0 aliphatic carbocycles. The average molecular weight is 472 g/mol. The van der Waals surface area contributed by atoms with E-state index in [9.17, 15) is 25.0 Å². The first-order valence-electron chi connectivity index (χ1n) is 10.3. The summed E-state index contributed by atoms with van der Waals surface area (Å²) in [5, 5.41) is 22.9. The van der Waals surface area contributed by atoms with Crippen LogP contribution >= 0.6 is 11.3 Å². The molecule has 11 nitrogen and oxygen atoms in total. The Morgan fingerprint density at radius 3 is 2.55 bits per heavy atom. The highest BCUT2D eigenvalue weighted by molar-refractivity contribution is 7.22. The van der Waals surface area contributed by atoms with Crippen LogP contribution in [0, 0.1) is 20.2 Å². The van der Waals surface area contributed by atoms with Crippen LogP contribution in [-0.4, -0.2) is 46.6 Å². The second-order valence-corrected chi connectivity index (χ2v) is 8.37. The lowest BCUT2D eigenvalue weighted by Crippen LogP contribution is -2.37. The van der Waals surface area contributed by atoms with E-state index in [1.54, 1.807) is 12.1 Å². The van der Waals surface area contributed by atoms with E-state index in [1.165, 1.54) is 16.2 Å². The lowest BCUT2D eigenvalue weighted by atomic mass is 10.1. The van der Waals surface area contributed by atoms with Crippen molar-refractivity contribution in [3.8, 4) is 5.75 Å². The van der Waals surface area contributed by atoms with Crippen LogP contribution in [0.2, 0.25) is 0 Å². The first kappa shape index (κ1) is 22.6. The van der Waals surface area contributed by atoms with E-state index >= 15 is 0 Å². The quantitative estimate of drug-likeness (QED) is 0.349. The highest BCUT2D eigenvalue weighted by Gasteiger charge is 2.29. The zero-order valence-electron chi connectivity index (χ0n) is 17.6. The van der Waals surface area contributed by atoms with Gasteiger partial charge in [-0.1, -0.05) is 11.3 Å². The van der Waals surface area contributed by atoms with Crippen molar-refractivity contribution in [3.63, 3.8) is 0 Å². The third-order valence-electron chi connectivity index (χ3n) is 5.12. The van der Waals surface area contributed by atoms with Gasteiger partial charge in [-0.15, -0.1) is 0 Å². The Morgan fingerprint density at radius 1 is 1.21 bits per heavy atom. The molecule has 3 aromatic rings. The van der Waals surface area contributed by atoms with Gasteiger partial charge in [0.15, 0.2) is 5.13 Å². The number of rotatable bonds is 8. The molecule has 2 heterocycles. The van der Waals surface area contributed by atoms with E-state index in [4.69, 9.17) is 9.47 Å². The summed E-state index contributed by atoms with van der Waals surface area (Å²) in [6.07, 6.45) is 1.37. The van der Waals surface area contributed by atoms with Crippen molar-refractivity contribution in [2.24, 2.45) is 0 Å². The molecule has 0 radical (unpaired) electrons. The van der Waals surface area contributed by atoms with Crippen molar-refractivity contribution in [2.45, 2.75) is 25.9 Å². The lowest BCUT2D eigenvalue weighted by Gasteiger charge is -2.23. The Morgan fingerprint density at radius 2 is 1.94 bits per heavy atom. The van der Waals surface area contributed by atoms with Gasteiger partial charge >= 0.3 is 0 Å². The smallest absolute Gasteiger partial charge is 0.277 e. The second-order valence-electron chi connectivity index (χ2n) is 7.36. The molecule has 1 amide bonds. The normalized spacial score (nSPS) is 15.5. The molecule has 1 aromatic heterocycles. The molecule has 1 saturated heterocycles. The summed E-state index contributed by atoms with van der Waals surface area (Å²) < 4.78 is 12.0. The topological polar surface area (TPSA) is 138 Å². The molecule has 1 fully saturated rings. The van der Waals surface area contributed by atoms with Crippen LogP contribution in [0.15, 0.2) is 36.4 Å². The summed E-state index contributed by atoms with van der Waals surface area (Å²) in [5.41, 5.74) is -0.567. The minimum Gasteiger partial charge on any atom is -0.494 e. The number of thiazole rings is 1. The molecular formula is C21H20N4O7S. The molecule has 1 aliphatic rings. The third kappa shape index (κ3) is 4.91. The summed E-state index contributed by atoms with van der Waals surface area (Å²) >= 11 is 1.26. The van der Waals surface area contributed by atoms with Gasteiger partial charge in [0.05, 0.1) is 50.9 Å². The van der Waals surface area contributed by atoms with E-state index in [0.717, 1.165) is 35.7 Å². The van der Waals surface area contributed by atoms with Crippen LogP contribution in [0.25, 0.3) is 10.2 Å². The number of nitro groups is 2. The van der Waals surface area contributed by atoms with Crippen LogP contribution in [0.5, 0.6) is 5.75 Å². The van der Waals surface area contributed by atoms with Gasteiger partial charge in [0.2, 0.25) is 0 Å². The number of fused-ring (bicyclic) bond motifs is 1. The van der Waals surface area contributed by atoms with Crippen LogP contribution in [0.1, 0.15) is 30.1 Å². The van der Waals surface area contributed by atoms with E-state index in [-0.39, 0.29) is 18.2 Å². The lowest BCUT2D eigenvalue weighted by molar-refractivity contribution is -0.394. The molecule has 0 N–H and O–H groups in total. The van der Waals surface area contributed by atoms with Crippen molar-refractivity contribution in [1.82, 2.24) is 4.98 Å². The molecule has 33 heavy (non-hydrogen) atoms. The average Bonchev–Trinajstić information content (AvgIpc) is 3.46. The van der Waals surface area contributed by atoms with E-state index < -0.39 is 27.1 Å². The summed E-state index contributed by atoms with van der Waals surface area (Å²) in [6, 6.07) is 8.30. The number of carbonyl (C=O) groups excluding carboxylic acids is 1. The van der Waals surface area contributed by atoms with Gasteiger partial charge in [-0.25, -0.2) is 4.98 Å². The predicted octanol–water partition coefficient (Wildman–Crippen LogP) is 4.34. The largest absolute Gasteiger partial charge is 0.494 e. The molecule has 4 rings (SSSR count). The maximum absolute atomic E-state index is 13.5. The van der Waals surface area contributed by atoms with Gasteiger partial charge in [0.25, 0.3) is 17.3 Å². The summed E-state index contributed by atoms with van der Waals surface area (Å²) in [5.74, 6) is 0.0490. The fourth-order valence-corrected chi connectivity index (χ4v) is 4.59. The van der Waals surface area contributed by atoms with Gasteiger partial charge in [-0.3, -0.25) is 29.9 Å². The number of anilines is 1. The number of nitro benzene ring substituents is 2. The van der Waals surface area contributed by atoms with Crippen LogP contribution in [-0.2, 0) is 4.74 Å². The van der Waals surface area contributed by atoms with E-state index in [2.05, 4.69) is 4.98 Å². The van der Waals surface area contributed by atoms with Crippen molar-refractivity contribution in [3.05, 3.63) is 62.2 Å². The van der Waals surface area contributed by atoms with Crippen molar-refractivity contribution < 1.29 is 24.1 Å². The van der Waals surface area contributed by atoms with E-state index in [0.29, 0.717) is 29.6 Å². The Kier molecular flexibility index (Phi) is 6.47. The predicted molar refractivity (Wildman–Crippen MR) is 121 cm³/mol. The van der Waals surface area contributed by atoms with Gasteiger partial charge < -0.3 is 9.47 Å². The molecule has 1 atom stereocenters. The van der Waals surface area contributed by atoms with Gasteiger partial charge in [-0.05, 0) is 38.0 Å². The third-order valence-corrected chi connectivity index (χ3v) is 6.16. The molecule has 172 valence electrons. The minimum atomic E-state index is -0.763. The van der Waals surface area contributed by atoms with Crippen LogP contribution in [0.3, 0.4) is 0 Å². The minimum absolute atomic E-state index is 0.164. The maximum Gasteiger partial charge on any atom is 0.277 e. The van der Waals surface area contributed by atoms with Crippen molar-refractivity contribution >= 4 is 44.0 Å². The molecular weight excluding hydrogens is 452 g/mol. The molecule has 2 aromatic carbocycles. The second kappa shape index (κ2) is 9.46. The Hall–Kier alpha value is -3.64. The Bertz CT molecular complexity index is 1190. The number of ether oxygens (including phenoxy) is 2. The standard InChI is InChI=1S/C21H20N4O7S/c1-2-31-16-5-6-18-19(11-16)33-21(22-18)23(12-17-4-3-7-32-17)20(26)13-8-14(24(27)28)10-15(9-13)25(29)30/h5-6,8-11,17H,2-4,7,12H2,1H3. The van der Waals surface area contributed by atoms with E-state index in [1.807, 2.05) is 13.0 Å². The van der Waals surface area contributed by atoms with Crippen molar-refractivity contribution in [1.29, 1.82) is 0 Å². The molecule has 1 unspecified atom stereocenters. The summed E-state index contributed by atoms with van der Waals surface area (Å²) in [6.45, 7) is 3.13. The number of non-ortho nitro benzene ring substituents is 2. The van der Waals surface area contributed by atoms with Gasteiger partial charge in [0, 0.05) is 18.7 Å². The monoisotopic (exact) mass is 472 g/mol. The highest BCUT2D eigenvalue weighted by atomic mass is 32.1. The number of carbonyl (C=O) groups is 1. The first-order chi connectivity index (χ1) is 15.9. The molecule has 12 heteroatoms. The van der Waals surface area contributed by atoms with Crippen molar-refractivity contribution in [2.75, 3.05) is 24.7 Å². The fourth-order valence-electron chi connectivity index (χ4n) is 3.59. The van der Waals surface area contributed by atoms with Crippen LogP contribution < -0.4 is 9.64 Å². The fraction of sp³-hybridized carbons (Fsp3) is 0.333. The zero-order chi connectivity index (χ0) is 23.5. The number of nitrogens with zero attached hydrogens (tertiary/aromatic N) is 4. The number of aromatic nitrogens is 1. The Labute approximate surface area is 191 Å². The summed E-state index contributed by atoms with van der Waals surface area (Å²) in [7, 11) is 0. The number of hydrogen-bond acceptors (Lipinski definition) is 9. The van der Waals surface area contributed by atoms with Gasteiger partial charge in [0.1, 0.15) is 5.75 Å². The number of benzene rings is 2. The molecule has 0 saturated carbocycles. The SMILES string of the molecule is CCOc1ccc2nc(N(CC3CCCO3)C(=O)c3cc([N+](=O)[O-])cc([N+](=O)[O-])c3)sc2c1. The Balaban J connectivity index is 1.76. The zero-order valence-corrected chi connectivity index (χ0v) is 18.4. The van der Waals surface area contributed by atoms with Crippen LogP contribution in [0.4, 0.5) is 16.5 Å². The molecule has 0 bridgehead atoms. The molecule has 1 aliphatic heterocycles. The maximum atomic E-state index is 13.5. The highest BCUT2D eigenvalue weighted by Crippen LogP contribution is 2.34. The molecule has 0 spiro atoms. The van der Waals surface area contributed by atoms with Gasteiger partial charge in [-0.2, -0.15) is 0 Å². The number of amides is 1. The number of hydrogen-bond donors (Lipinski definition) is 0. The summed E-state index contributed by atoms with van der Waals surface area (Å²) in [4.78, 5) is 40.5. The first-order valence-corrected chi connectivity index (χ1v) is 11.1.